The topological polar surface area (TPSA) is 58.3 Å². The molecule has 0 saturated heterocycles. The minimum Gasteiger partial charge on any atom is -0.389 e. The van der Waals surface area contributed by atoms with Crippen LogP contribution in [0.1, 0.15) is 40.0 Å². The maximum atomic E-state index is 10.0. The van der Waals surface area contributed by atoms with Crippen molar-refractivity contribution in [1.82, 2.24) is 5.32 Å². The third-order valence-corrected chi connectivity index (χ3v) is 2.79. The molecule has 0 radical (unpaired) electrons. The highest BCUT2D eigenvalue weighted by molar-refractivity contribution is 4.89. The van der Waals surface area contributed by atoms with E-state index in [-0.39, 0.29) is 0 Å². The predicted molar refractivity (Wildman–Crippen MR) is 59.1 cm³/mol. The molecule has 1 aliphatic carbocycles. The normalized spacial score (nSPS) is 31.3. The highest BCUT2D eigenvalue weighted by atomic mass is 16.3. The highest BCUT2D eigenvalue weighted by Gasteiger charge is 2.28. The molecule has 0 aromatic rings. The second-order valence-electron chi connectivity index (χ2n) is 5.40. The van der Waals surface area contributed by atoms with Gasteiger partial charge < -0.3 is 16.2 Å². The van der Waals surface area contributed by atoms with Crippen molar-refractivity contribution in [1.29, 1.82) is 0 Å². The summed E-state index contributed by atoms with van der Waals surface area (Å²) in [5, 5.41) is 13.4. The Labute approximate surface area is 87.1 Å². The van der Waals surface area contributed by atoms with Crippen LogP contribution in [-0.2, 0) is 0 Å². The van der Waals surface area contributed by atoms with Gasteiger partial charge in [0, 0.05) is 18.6 Å². The zero-order valence-corrected chi connectivity index (χ0v) is 9.59. The molecule has 1 aliphatic rings. The molecule has 3 heteroatoms. The molecule has 0 aromatic carbocycles. The summed E-state index contributed by atoms with van der Waals surface area (Å²) >= 11 is 0. The monoisotopic (exact) mass is 200 g/mol. The van der Waals surface area contributed by atoms with E-state index in [9.17, 15) is 5.11 Å². The number of hydrogen-bond donors (Lipinski definition) is 3. The summed E-state index contributed by atoms with van der Waals surface area (Å²) < 4.78 is 0. The molecule has 0 spiro atoms. The molecule has 0 aromatic heterocycles. The molecule has 4 N–H and O–H groups in total. The van der Waals surface area contributed by atoms with Crippen molar-refractivity contribution in [3.63, 3.8) is 0 Å². The lowest BCUT2D eigenvalue weighted by Crippen LogP contribution is -2.52. The van der Waals surface area contributed by atoms with E-state index < -0.39 is 5.60 Å². The van der Waals surface area contributed by atoms with E-state index in [0.29, 0.717) is 24.5 Å². The summed E-state index contributed by atoms with van der Waals surface area (Å²) in [6.45, 7) is 6.85. The van der Waals surface area contributed by atoms with Gasteiger partial charge in [-0.1, -0.05) is 13.8 Å². The van der Waals surface area contributed by atoms with E-state index in [0.717, 1.165) is 19.3 Å². The average molecular weight is 200 g/mol. The Balaban J connectivity index is 2.16. The second kappa shape index (κ2) is 4.60. The summed E-state index contributed by atoms with van der Waals surface area (Å²) in [5.74, 6) is 0.537. The molecule has 0 aliphatic heterocycles. The molecular weight excluding hydrogens is 176 g/mol. The van der Waals surface area contributed by atoms with Crippen molar-refractivity contribution in [2.75, 3.05) is 6.54 Å². The molecule has 84 valence electrons. The van der Waals surface area contributed by atoms with Crippen LogP contribution >= 0.6 is 0 Å². The SMILES string of the molecule is CC(C)CC(C)(O)CNC1CC(N)C1. The molecule has 1 rings (SSSR count). The first-order valence-corrected chi connectivity index (χ1v) is 5.60. The van der Waals surface area contributed by atoms with Crippen LogP contribution in [0.3, 0.4) is 0 Å². The van der Waals surface area contributed by atoms with Crippen LogP contribution < -0.4 is 11.1 Å². The maximum absolute atomic E-state index is 10.0. The third kappa shape index (κ3) is 3.95. The molecule has 0 heterocycles. The Morgan fingerprint density at radius 1 is 1.50 bits per heavy atom. The van der Waals surface area contributed by atoms with Gasteiger partial charge in [0.1, 0.15) is 0 Å². The van der Waals surface area contributed by atoms with Crippen molar-refractivity contribution in [2.24, 2.45) is 11.7 Å². The minimum absolute atomic E-state index is 0.377. The Morgan fingerprint density at radius 2 is 2.07 bits per heavy atom. The van der Waals surface area contributed by atoms with E-state index in [1.165, 1.54) is 0 Å². The first-order valence-electron chi connectivity index (χ1n) is 5.60. The van der Waals surface area contributed by atoms with E-state index in [1.807, 2.05) is 6.92 Å². The average Bonchev–Trinajstić information content (AvgIpc) is 1.93. The number of aliphatic hydroxyl groups is 1. The minimum atomic E-state index is -0.576. The van der Waals surface area contributed by atoms with Crippen molar-refractivity contribution in [3.8, 4) is 0 Å². The van der Waals surface area contributed by atoms with Gasteiger partial charge in [-0.2, -0.15) is 0 Å². The molecule has 3 nitrogen and oxygen atoms in total. The van der Waals surface area contributed by atoms with Crippen LogP contribution in [0, 0.1) is 5.92 Å². The molecule has 0 bridgehead atoms. The number of nitrogens with one attached hydrogen (secondary N) is 1. The fraction of sp³-hybridized carbons (Fsp3) is 1.00. The van der Waals surface area contributed by atoms with Crippen LogP contribution in [0.2, 0.25) is 0 Å². The van der Waals surface area contributed by atoms with E-state index in [2.05, 4.69) is 19.2 Å². The van der Waals surface area contributed by atoms with Crippen LogP contribution in [0.5, 0.6) is 0 Å². The summed E-state index contributed by atoms with van der Waals surface area (Å²) in [4.78, 5) is 0. The predicted octanol–water partition coefficient (Wildman–Crippen LogP) is 0.863. The summed E-state index contributed by atoms with van der Waals surface area (Å²) in [6.07, 6.45) is 2.95. The largest absolute Gasteiger partial charge is 0.389 e. The smallest absolute Gasteiger partial charge is 0.0746 e. The van der Waals surface area contributed by atoms with E-state index in [4.69, 9.17) is 5.73 Å². The molecular formula is C11H24N2O. The third-order valence-electron chi connectivity index (χ3n) is 2.79. The van der Waals surface area contributed by atoms with Gasteiger partial charge in [-0.25, -0.2) is 0 Å². The fourth-order valence-corrected chi connectivity index (χ4v) is 2.14. The van der Waals surface area contributed by atoms with Gasteiger partial charge in [-0.15, -0.1) is 0 Å². The van der Waals surface area contributed by atoms with Crippen molar-refractivity contribution in [2.45, 2.75) is 57.7 Å². The number of rotatable bonds is 5. The Morgan fingerprint density at radius 3 is 2.50 bits per heavy atom. The number of nitrogens with two attached hydrogens (primary N) is 1. The maximum Gasteiger partial charge on any atom is 0.0746 e. The van der Waals surface area contributed by atoms with Crippen molar-refractivity contribution in [3.05, 3.63) is 0 Å². The highest BCUT2D eigenvalue weighted by Crippen LogP contribution is 2.20. The van der Waals surface area contributed by atoms with Crippen molar-refractivity contribution >= 4 is 0 Å². The molecule has 1 fully saturated rings. The lowest BCUT2D eigenvalue weighted by atomic mass is 9.86. The van der Waals surface area contributed by atoms with Crippen LogP contribution in [0.4, 0.5) is 0 Å². The second-order valence-corrected chi connectivity index (χ2v) is 5.40. The van der Waals surface area contributed by atoms with Gasteiger partial charge >= 0.3 is 0 Å². The van der Waals surface area contributed by atoms with Gasteiger partial charge in [-0.05, 0) is 32.1 Å². The van der Waals surface area contributed by atoms with Gasteiger partial charge in [0.15, 0.2) is 0 Å². The molecule has 1 atom stereocenters. The Bertz CT molecular complexity index is 174. The van der Waals surface area contributed by atoms with Crippen LogP contribution in [0.25, 0.3) is 0 Å². The zero-order valence-electron chi connectivity index (χ0n) is 9.59. The standard InChI is InChI=1S/C11H24N2O/c1-8(2)6-11(3,14)7-13-10-4-9(12)5-10/h8-10,13-14H,4-7,12H2,1-3H3. The summed E-state index contributed by atoms with van der Waals surface area (Å²) in [6, 6.07) is 0.909. The molecule has 0 amide bonds. The van der Waals surface area contributed by atoms with Gasteiger partial charge in [0.2, 0.25) is 0 Å². The molecule has 1 saturated carbocycles. The Hall–Kier alpha value is -0.120. The number of hydrogen-bond acceptors (Lipinski definition) is 3. The lowest BCUT2D eigenvalue weighted by molar-refractivity contribution is 0.0321. The van der Waals surface area contributed by atoms with Gasteiger partial charge in [0.25, 0.3) is 0 Å². The van der Waals surface area contributed by atoms with Crippen LogP contribution in [0.15, 0.2) is 0 Å². The zero-order chi connectivity index (χ0) is 10.8. The first kappa shape index (κ1) is 12.0. The van der Waals surface area contributed by atoms with Gasteiger partial charge in [-0.3, -0.25) is 0 Å². The van der Waals surface area contributed by atoms with Crippen molar-refractivity contribution < 1.29 is 5.11 Å². The van der Waals surface area contributed by atoms with Crippen LogP contribution in [-0.4, -0.2) is 29.3 Å². The molecule has 14 heavy (non-hydrogen) atoms. The fourth-order valence-electron chi connectivity index (χ4n) is 2.14. The summed E-state index contributed by atoms with van der Waals surface area (Å²) in [7, 11) is 0. The summed E-state index contributed by atoms with van der Waals surface area (Å²) in [5.41, 5.74) is 5.11. The first-order chi connectivity index (χ1) is 6.39. The van der Waals surface area contributed by atoms with Gasteiger partial charge in [0.05, 0.1) is 5.60 Å². The van der Waals surface area contributed by atoms with E-state index in [1.54, 1.807) is 0 Å². The quantitative estimate of drug-likeness (QED) is 0.617. The van der Waals surface area contributed by atoms with E-state index >= 15 is 0 Å². The lowest BCUT2D eigenvalue weighted by Gasteiger charge is -2.36. The molecule has 1 unspecified atom stereocenters. The Kier molecular flexibility index (Phi) is 3.93.